The van der Waals surface area contributed by atoms with Crippen molar-refractivity contribution in [2.24, 2.45) is 0 Å². The number of hydrogen-bond donors (Lipinski definition) is 0. The first-order valence-corrected chi connectivity index (χ1v) is 9.20. The molecular formula is C19H25N5O. The SMILES string of the molecule is CCc1nnc2n1CCN(CC(=O)N1c3ccccc3CC[C@H]1C)C2. The predicted molar refractivity (Wildman–Crippen MR) is 96.4 cm³/mol. The van der Waals surface area contributed by atoms with Crippen LogP contribution in [0.15, 0.2) is 24.3 Å². The lowest BCUT2D eigenvalue weighted by Gasteiger charge is -2.37. The molecule has 0 unspecified atom stereocenters. The molecule has 2 aromatic rings. The average molecular weight is 339 g/mol. The van der Waals surface area contributed by atoms with Gasteiger partial charge in [0.15, 0.2) is 0 Å². The number of aromatic nitrogens is 3. The van der Waals surface area contributed by atoms with Gasteiger partial charge in [-0.05, 0) is 31.4 Å². The van der Waals surface area contributed by atoms with E-state index in [0.29, 0.717) is 13.1 Å². The molecule has 0 aliphatic carbocycles. The molecule has 3 heterocycles. The van der Waals surface area contributed by atoms with Gasteiger partial charge in [0, 0.05) is 31.2 Å². The van der Waals surface area contributed by atoms with Gasteiger partial charge in [0.2, 0.25) is 5.91 Å². The molecule has 25 heavy (non-hydrogen) atoms. The molecule has 1 aromatic carbocycles. The lowest BCUT2D eigenvalue weighted by molar-refractivity contribution is -0.120. The summed E-state index contributed by atoms with van der Waals surface area (Å²) in [7, 11) is 0. The number of carbonyl (C=O) groups is 1. The summed E-state index contributed by atoms with van der Waals surface area (Å²) in [5, 5.41) is 8.55. The zero-order valence-corrected chi connectivity index (χ0v) is 15.0. The normalized spacial score (nSPS) is 20.2. The fourth-order valence-electron chi connectivity index (χ4n) is 4.00. The van der Waals surface area contributed by atoms with Gasteiger partial charge in [-0.3, -0.25) is 9.69 Å². The van der Waals surface area contributed by atoms with Crippen molar-refractivity contribution in [3.63, 3.8) is 0 Å². The highest BCUT2D eigenvalue weighted by molar-refractivity contribution is 5.96. The second-order valence-corrected chi connectivity index (χ2v) is 7.03. The van der Waals surface area contributed by atoms with E-state index in [0.717, 1.165) is 49.7 Å². The molecule has 1 amide bonds. The van der Waals surface area contributed by atoms with E-state index in [9.17, 15) is 4.79 Å². The minimum absolute atomic E-state index is 0.184. The van der Waals surface area contributed by atoms with E-state index in [1.807, 2.05) is 11.0 Å². The smallest absolute Gasteiger partial charge is 0.241 e. The fraction of sp³-hybridized carbons (Fsp3) is 0.526. The molecule has 0 bridgehead atoms. The van der Waals surface area contributed by atoms with Gasteiger partial charge in [0.25, 0.3) is 0 Å². The Kier molecular flexibility index (Phi) is 4.29. The van der Waals surface area contributed by atoms with E-state index >= 15 is 0 Å². The average Bonchev–Trinajstić information content (AvgIpc) is 3.03. The van der Waals surface area contributed by atoms with E-state index in [1.54, 1.807) is 0 Å². The highest BCUT2D eigenvalue weighted by Crippen LogP contribution is 2.30. The molecule has 6 heteroatoms. The highest BCUT2D eigenvalue weighted by atomic mass is 16.2. The second-order valence-electron chi connectivity index (χ2n) is 7.03. The Labute approximate surface area is 148 Å². The van der Waals surface area contributed by atoms with Crippen molar-refractivity contribution < 1.29 is 4.79 Å². The summed E-state index contributed by atoms with van der Waals surface area (Å²) in [6.45, 7) is 7.12. The number of anilines is 1. The van der Waals surface area contributed by atoms with Crippen LogP contribution in [-0.2, 0) is 30.7 Å². The summed E-state index contributed by atoms with van der Waals surface area (Å²) in [6, 6.07) is 8.54. The summed E-state index contributed by atoms with van der Waals surface area (Å²) in [5.74, 6) is 2.20. The number of carbonyl (C=O) groups excluding carboxylic acids is 1. The van der Waals surface area contributed by atoms with Crippen LogP contribution in [0.4, 0.5) is 5.69 Å². The minimum atomic E-state index is 0.184. The maximum Gasteiger partial charge on any atom is 0.241 e. The standard InChI is InChI=1S/C19H25N5O/c1-3-17-20-21-18-12-22(10-11-23(17)18)13-19(25)24-14(2)8-9-15-6-4-5-7-16(15)24/h4-7,14H,3,8-13H2,1-2H3/t14-/m1/s1. The summed E-state index contributed by atoms with van der Waals surface area (Å²) >= 11 is 0. The molecular weight excluding hydrogens is 314 g/mol. The second kappa shape index (κ2) is 6.59. The molecule has 4 rings (SSSR count). The van der Waals surface area contributed by atoms with E-state index in [2.05, 4.69) is 51.7 Å². The van der Waals surface area contributed by atoms with Crippen molar-refractivity contribution in [3.05, 3.63) is 41.5 Å². The summed E-state index contributed by atoms with van der Waals surface area (Å²) < 4.78 is 2.19. The van der Waals surface area contributed by atoms with Crippen molar-refractivity contribution in [1.29, 1.82) is 0 Å². The molecule has 2 aliphatic heterocycles. The lowest BCUT2D eigenvalue weighted by Crippen LogP contribution is -2.48. The Hall–Kier alpha value is -2.21. The number of rotatable bonds is 3. The molecule has 0 spiro atoms. The van der Waals surface area contributed by atoms with Crippen LogP contribution in [0.3, 0.4) is 0 Å². The molecule has 6 nitrogen and oxygen atoms in total. The third-order valence-corrected chi connectivity index (χ3v) is 5.38. The van der Waals surface area contributed by atoms with E-state index < -0.39 is 0 Å². The van der Waals surface area contributed by atoms with E-state index in [4.69, 9.17) is 0 Å². The van der Waals surface area contributed by atoms with Gasteiger partial charge in [0.1, 0.15) is 11.6 Å². The molecule has 0 radical (unpaired) electrons. The maximum atomic E-state index is 13.1. The predicted octanol–water partition coefficient (Wildman–Crippen LogP) is 2.02. The van der Waals surface area contributed by atoms with Crippen LogP contribution in [0, 0.1) is 0 Å². The van der Waals surface area contributed by atoms with E-state index in [-0.39, 0.29) is 11.9 Å². The van der Waals surface area contributed by atoms with Crippen molar-refractivity contribution in [2.75, 3.05) is 18.0 Å². The number of nitrogens with zero attached hydrogens (tertiary/aromatic N) is 5. The Bertz CT molecular complexity index is 784. The van der Waals surface area contributed by atoms with Gasteiger partial charge in [-0.1, -0.05) is 25.1 Å². The lowest BCUT2D eigenvalue weighted by atomic mass is 9.96. The van der Waals surface area contributed by atoms with Crippen molar-refractivity contribution in [2.45, 2.75) is 52.2 Å². The quantitative estimate of drug-likeness (QED) is 0.858. The van der Waals surface area contributed by atoms with Crippen LogP contribution in [0.1, 0.15) is 37.5 Å². The number of fused-ring (bicyclic) bond motifs is 2. The van der Waals surface area contributed by atoms with Gasteiger partial charge in [-0.2, -0.15) is 0 Å². The summed E-state index contributed by atoms with van der Waals surface area (Å²) in [6.07, 6.45) is 2.97. The third-order valence-electron chi connectivity index (χ3n) is 5.38. The fourth-order valence-corrected chi connectivity index (χ4v) is 4.00. The topological polar surface area (TPSA) is 54.3 Å². The van der Waals surface area contributed by atoms with E-state index in [1.165, 1.54) is 5.56 Å². The van der Waals surface area contributed by atoms with Crippen LogP contribution in [0.5, 0.6) is 0 Å². The number of amides is 1. The van der Waals surface area contributed by atoms with Gasteiger partial charge in [-0.25, -0.2) is 0 Å². The van der Waals surface area contributed by atoms with Crippen LogP contribution < -0.4 is 4.90 Å². The van der Waals surface area contributed by atoms with Crippen molar-refractivity contribution in [3.8, 4) is 0 Å². The number of hydrogen-bond acceptors (Lipinski definition) is 4. The summed E-state index contributed by atoms with van der Waals surface area (Å²) in [4.78, 5) is 17.2. The highest BCUT2D eigenvalue weighted by Gasteiger charge is 2.30. The van der Waals surface area contributed by atoms with Crippen LogP contribution in [-0.4, -0.2) is 44.7 Å². The van der Waals surface area contributed by atoms with Gasteiger partial charge >= 0.3 is 0 Å². The largest absolute Gasteiger partial charge is 0.313 e. The molecule has 0 fully saturated rings. The number of aryl methyl sites for hydroxylation is 2. The molecule has 0 saturated heterocycles. The van der Waals surface area contributed by atoms with Crippen LogP contribution in [0.2, 0.25) is 0 Å². The summed E-state index contributed by atoms with van der Waals surface area (Å²) in [5.41, 5.74) is 2.36. The first-order valence-electron chi connectivity index (χ1n) is 9.20. The zero-order chi connectivity index (χ0) is 17.4. The van der Waals surface area contributed by atoms with Crippen molar-refractivity contribution >= 4 is 11.6 Å². The first kappa shape index (κ1) is 16.3. The monoisotopic (exact) mass is 339 g/mol. The Balaban J connectivity index is 1.49. The number of benzene rings is 1. The molecule has 1 atom stereocenters. The molecule has 2 aliphatic rings. The Morgan fingerprint density at radius 2 is 2.08 bits per heavy atom. The molecule has 0 saturated carbocycles. The maximum absolute atomic E-state index is 13.1. The van der Waals surface area contributed by atoms with Gasteiger partial charge in [0.05, 0.1) is 13.1 Å². The Morgan fingerprint density at radius 1 is 1.24 bits per heavy atom. The third kappa shape index (κ3) is 2.95. The molecule has 132 valence electrons. The van der Waals surface area contributed by atoms with Crippen LogP contribution >= 0.6 is 0 Å². The first-order chi connectivity index (χ1) is 12.2. The molecule has 1 aromatic heterocycles. The molecule has 0 N–H and O–H groups in total. The van der Waals surface area contributed by atoms with Gasteiger partial charge < -0.3 is 9.47 Å². The minimum Gasteiger partial charge on any atom is -0.313 e. The Morgan fingerprint density at radius 3 is 2.92 bits per heavy atom. The zero-order valence-electron chi connectivity index (χ0n) is 15.0. The van der Waals surface area contributed by atoms with Crippen molar-refractivity contribution in [1.82, 2.24) is 19.7 Å². The van der Waals surface area contributed by atoms with Gasteiger partial charge in [-0.15, -0.1) is 10.2 Å². The number of para-hydroxylation sites is 1. The van der Waals surface area contributed by atoms with Crippen LogP contribution in [0.25, 0.3) is 0 Å².